The molecule has 1 amide bonds. The molecule has 0 spiro atoms. The molecule has 2 aliphatic rings. The van der Waals surface area contributed by atoms with Gasteiger partial charge in [0.15, 0.2) is 5.96 Å². The molecule has 2 unspecified atom stereocenters. The summed E-state index contributed by atoms with van der Waals surface area (Å²) in [5.74, 6) is 2.06. The van der Waals surface area contributed by atoms with Crippen LogP contribution in [0, 0.1) is 11.8 Å². The van der Waals surface area contributed by atoms with E-state index in [0.717, 1.165) is 57.8 Å². The number of carbonyl (C=O) groups excluding carboxylic acids is 1. The van der Waals surface area contributed by atoms with Crippen LogP contribution in [0.1, 0.15) is 57.2 Å². The van der Waals surface area contributed by atoms with Crippen molar-refractivity contribution in [3.63, 3.8) is 0 Å². The van der Waals surface area contributed by atoms with Crippen molar-refractivity contribution in [3.05, 3.63) is 22.4 Å². The lowest BCUT2D eigenvalue weighted by Crippen LogP contribution is -2.45. The van der Waals surface area contributed by atoms with E-state index in [1.165, 1.54) is 24.1 Å². The summed E-state index contributed by atoms with van der Waals surface area (Å²) >= 11 is 1.82. The van der Waals surface area contributed by atoms with Gasteiger partial charge in [0, 0.05) is 43.0 Å². The van der Waals surface area contributed by atoms with Crippen LogP contribution >= 0.6 is 35.3 Å². The van der Waals surface area contributed by atoms with Gasteiger partial charge in [-0.2, -0.15) is 0 Å². The van der Waals surface area contributed by atoms with Crippen LogP contribution in [0.15, 0.2) is 22.5 Å². The lowest BCUT2D eigenvalue weighted by atomic mass is 9.88. The molecule has 164 valence electrons. The molecule has 1 saturated heterocycles. The van der Waals surface area contributed by atoms with Gasteiger partial charge in [-0.3, -0.25) is 9.79 Å². The Bertz CT molecular complexity index is 631. The second kappa shape index (κ2) is 12.8. The molecule has 0 bridgehead atoms. The molecule has 3 rings (SSSR count). The Hall–Kier alpha value is -0.830. The minimum atomic E-state index is 0. The van der Waals surface area contributed by atoms with E-state index < -0.39 is 0 Å². The van der Waals surface area contributed by atoms with Gasteiger partial charge >= 0.3 is 0 Å². The fourth-order valence-corrected chi connectivity index (χ4v) is 5.15. The van der Waals surface area contributed by atoms with E-state index >= 15 is 0 Å². The number of rotatable bonds is 7. The van der Waals surface area contributed by atoms with Crippen molar-refractivity contribution >= 4 is 47.2 Å². The average Bonchev–Trinajstić information content (AvgIpc) is 3.38. The number of hydrogen-bond donors (Lipinski definition) is 2. The topological polar surface area (TPSA) is 56.7 Å². The zero-order chi connectivity index (χ0) is 19.8. The summed E-state index contributed by atoms with van der Waals surface area (Å²) in [5.41, 5.74) is 0. The Morgan fingerprint density at radius 2 is 2.10 bits per heavy atom. The van der Waals surface area contributed by atoms with E-state index in [1.807, 2.05) is 11.3 Å². The van der Waals surface area contributed by atoms with Gasteiger partial charge in [0.05, 0.1) is 0 Å². The third-order valence-electron chi connectivity index (χ3n) is 5.83. The number of nitrogens with one attached hydrogen (secondary N) is 2. The molecule has 2 atom stereocenters. The summed E-state index contributed by atoms with van der Waals surface area (Å²) in [7, 11) is 0. The predicted molar refractivity (Wildman–Crippen MR) is 133 cm³/mol. The monoisotopic (exact) mass is 532 g/mol. The third-order valence-corrected chi connectivity index (χ3v) is 6.73. The maximum Gasteiger partial charge on any atom is 0.225 e. The highest BCUT2D eigenvalue weighted by Crippen LogP contribution is 2.26. The number of carbonyl (C=O) groups is 1. The number of amides is 1. The Morgan fingerprint density at radius 3 is 2.79 bits per heavy atom. The number of halogens is 1. The Balaban J connectivity index is 0.00000300. The Labute approximate surface area is 197 Å². The maximum absolute atomic E-state index is 12.8. The molecular formula is C22H37IN4OS. The molecule has 0 radical (unpaired) electrons. The maximum atomic E-state index is 12.8. The number of guanidine groups is 1. The smallest absolute Gasteiger partial charge is 0.225 e. The molecule has 0 aromatic carbocycles. The van der Waals surface area contributed by atoms with Crippen molar-refractivity contribution in [2.45, 2.75) is 64.8 Å². The van der Waals surface area contributed by atoms with Gasteiger partial charge in [0.25, 0.3) is 0 Å². The van der Waals surface area contributed by atoms with Crippen LogP contribution in [-0.2, 0) is 11.2 Å². The number of hydrogen-bond acceptors (Lipinski definition) is 3. The fraction of sp³-hybridized carbons (Fsp3) is 0.727. The van der Waals surface area contributed by atoms with Crippen LogP contribution in [0.5, 0.6) is 0 Å². The molecular weight excluding hydrogens is 495 g/mol. The molecule has 2 fully saturated rings. The minimum absolute atomic E-state index is 0. The van der Waals surface area contributed by atoms with Gasteiger partial charge in [0.1, 0.15) is 0 Å². The van der Waals surface area contributed by atoms with Crippen LogP contribution < -0.4 is 10.6 Å². The molecule has 5 nitrogen and oxygen atoms in total. The molecule has 1 saturated carbocycles. The third kappa shape index (κ3) is 7.74. The average molecular weight is 533 g/mol. The highest BCUT2D eigenvalue weighted by atomic mass is 127. The first-order valence-electron chi connectivity index (χ1n) is 11.0. The molecule has 1 aliphatic heterocycles. The molecule has 7 heteroatoms. The van der Waals surface area contributed by atoms with E-state index in [0.29, 0.717) is 17.9 Å². The van der Waals surface area contributed by atoms with Crippen molar-refractivity contribution in [2.24, 2.45) is 16.8 Å². The van der Waals surface area contributed by atoms with Gasteiger partial charge in [0.2, 0.25) is 5.91 Å². The van der Waals surface area contributed by atoms with E-state index in [-0.39, 0.29) is 29.9 Å². The number of nitrogens with zero attached hydrogens (tertiary/aromatic N) is 2. The van der Waals surface area contributed by atoms with Crippen LogP contribution in [0.3, 0.4) is 0 Å². The van der Waals surface area contributed by atoms with Crippen molar-refractivity contribution in [2.75, 3.05) is 26.2 Å². The van der Waals surface area contributed by atoms with E-state index in [2.05, 4.69) is 46.9 Å². The molecule has 2 N–H and O–H groups in total. The number of likely N-dealkylation sites (tertiary alicyclic amines) is 1. The van der Waals surface area contributed by atoms with Crippen molar-refractivity contribution in [1.82, 2.24) is 15.5 Å². The van der Waals surface area contributed by atoms with Gasteiger partial charge in [-0.1, -0.05) is 32.3 Å². The van der Waals surface area contributed by atoms with Crippen LogP contribution in [-0.4, -0.2) is 49.0 Å². The first kappa shape index (κ1) is 24.4. The van der Waals surface area contributed by atoms with Gasteiger partial charge in [-0.15, -0.1) is 35.3 Å². The van der Waals surface area contributed by atoms with E-state index in [9.17, 15) is 4.79 Å². The molecule has 1 aliphatic carbocycles. The zero-order valence-electron chi connectivity index (χ0n) is 17.9. The molecule has 1 aromatic heterocycles. The number of thiophene rings is 1. The highest BCUT2D eigenvalue weighted by molar-refractivity contribution is 14.0. The SMILES string of the molecule is CCNC(=NCC(C)Cc1cccs1)NC1CCN(C(=O)C2CCCCC2)C1.I. The van der Waals surface area contributed by atoms with Crippen LogP contribution in [0.2, 0.25) is 0 Å². The summed E-state index contributed by atoms with van der Waals surface area (Å²) in [5, 5.41) is 9.07. The van der Waals surface area contributed by atoms with Gasteiger partial charge < -0.3 is 15.5 Å². The minimum Gasteiger partial charge on any atom is -0.357 e. The lowest BCUT2D eigenvalue weighted by Gasteiger charge is -2.26. The first-order valence-corrected chi connectivity index (χ1v) is 11.9. The standard InChI is InChI=1S/C22H36N4OS.HI/c1-3-23-22(24-15-17(2)14-20-10-7-13-28-20)25-19-11-12-26(16-19)21(27)18-8-5-4-6-9-18;/h7,10,13,17-19H,3-6,8-9,11-12,14-16H2,1-2H3,(H2,23,24,25);1H. The van der Waals surface area contributed by atoms with E-state index in [4.69, 9.17) is 4.99 Å². The number of aliphatic imine (C=N–C) groups is 1. The van der Waals surface area contributed by atoms with Gasteiger partial charge in [-0.05, 0) is 50.0 Å². The highest BCUT2D eigenvalue weighted by Gasteiger charge is 2.31. The van der Waals surface area contributed by atoms with Crippen molar-refractivity contribution in [1.29, 1.82) is 0 Å². The van der Waals surface area contributed by atoms with Crippen molar-refractivity contribution < 1.29 is 4.79 Å². The molecule has 29 heavy (non-hydrogen) atoms. The van der Waals surface area contributed by atoms with Crippen LogP contribution in [0.4, 0.5) is 0 Å². The zero-order valence-corrected chi connectivity index (χ0v) is 21.0. The summed E-state index contributed by atoms with van der Waals surface area (Å²) in [6, 6.07) is 4.62. The molecule has 1 aromatic rings. The van der Waals surface area contributed by atoms with E-state index in [1.54, 1.807) is 0 Å². The second-order valence-corrected chi connectivity index (χ2v) is 9.39. The predicted octanol–water partition coefficient (Wildman–Crippen LogP) is 4.28. The summed E-state index contributed by atoms with van der Waals surface area (Å²) in [6.45, 7) is 7.70. The lowest BCUT2D eigenvalue weighted by molar-refractivity contribution is -0.135. The Morgan fingerprint density at radius 1 is 1.31 bits per heavy atom. The fourth-order valence-electron chi connectivity index (χ4n) is 4.28. The summed E-state index contributed by atoms with van der Waals surface area (Å²) in [6.07, 6.45) is 7.97. The Kier molecular flexibility index (Phi) is 10.8. The second-order valence-electron chi connectivity index (χ2n) is 8.36. The quantitative estimate of drug-likeness (QED) is 0.313. The first-order chi connectivity index (χ1) is 13.7. The molecule has 2 heterocycles. The largest absolute Gasteiger partial charge is 0.357 e. The summed E-state index contributed by atoms with van der Waals surface area (Å²) in [4.78, 5) is 21.1. The van der Waals surface area contributed by atoms with Crippen LogP contribution in [0.25, 0.3) is 0 Å². The summed E-state index contributed by atoms with van der Waals surface area (Å²) < 4.78 is 0. The van der Waals surface area contributed by atoms with Gasteiger partial charge in [-0.25, -0.2) is 0 Å². The normalized spacial score (nSPS) is 21.5. The van der Waals surface area contributed by atoms with Crippen molar-refractivity contribution in [3.8, 4) is 0 Å².